The van der Waals surface area contributed by atoms with E-state index in [1.165, 1.54) is 24.1 Å². The number of hydrogen-bond donors (Lipinski definition) is 1. The highest BCUT2D eigenvalue weighted by atomic mass is 32.2. The molecule has 0 aromatic heterocycles. The molecule has 122 valence electrons. The van der Waals surface area contributed by atoms with Gasteiger partial charge in [-0.3, -0.25) is 0 Å². The molecule has 0 saturated carbocycles. The van der Waals surface area contributed by atoms with E-state index in [9.17, 15) is 12.8 Å². The summed E-state index contributed by atoms with van der Waals surface area (Å²) in [6.45, 7) is 1.75. The lowest BCUT2D eigenvalue weighted by Gasteiger charge is -2.18. The summed E-state index contributed by atoms with van der Waals surface area (Å²) in [5.74, 6) is -0.335. The van der Waals surface area contributed by atoms with Crippen LogP contribution in [-0.4, -0.2) is 8.42 Å². The minimum absolute atomic E-state index is 0.298. The summed E-state index contributed by atoms with van der Waals surface area (Å²) < 4.78 is 40.8. The van der Waals surface area contributed by atoms with Crippen molar-refractivity contribution in [1.82, 2.24) is 4.72 Å². The van der Waals surface area contributed by atoms with Gasteiger partial charge in [0, 0.05) is 6.04 Å². The predicted molar refractivity (Wildman–Crippen MR) is 88.2 cm³/mol. The lowest BCUT2D eigenvalue weighted by atomic mass is 9.92. The normalized spacial score (nSPS) is 15.9. The number of sulfonamides is 1. The molecule has 0 aliphatic heterocycles. The number of hydrogen-bond acceptors (Lipinski definition) is 2. The summed E-state index contributed by atoms with van der Waals surface area (Å²) in [5, 5.41) is 0. The lowest BCUT2D eigenvalue weighted by Crippen LogP contribution is -2.27. The Bertz CT molecular complexity index is 800. The van der Waals surface area contributed by atoms with Crippen molar-refractivity contribution >= 4 is 10.0 Å². The van der Waals surface area contributed by atoms with Gasteiger partial charge < -0.3 is 0 Å². The van der Waals surface area contributed by atoms with E-state index < -0.39 is 16.1 Å². The molecule has 1 N–H and O–H groups in total. The molecule has 5 heteroatoms. The summed E-state index contributed by atoms with van der Waals surface area (Å²) in [6.07, 6.45) is 4.23. The first-order valence-corrected chi connectivity index (χ1v) is 9.33. The Morgan fingerprint density at radius 3 is 2.35 bits per heavy atom. The molecule has 1 atom stereocenters. The van der Waals surface area contributed by atoms with Gasteiger partial charge in [-0.05, 0) is 73.6 Å². The van der Waals surface area contributed by atoms with Gasteiger partial charge in [-0.1, -0.05) is 18.2 Å². The third kappa shape index (κ3) is 3.62. The van der Waals surface area contributed by atoms with Crippen LogP contribution in [0.1, 0.15) is 42.5 Å². The second kappa shape index (κ2) is 6.42. The van der Waals surface area contributed by atoms with Gasteiger partial charge in [-0.15, -0.1) is 0 Å². The fraction of sp³-hybridized carbons (Fsp3) is 0.333. The van der Waals surface area contributed by atoms with E-state index in [-0.39, 0.29) is 5.82 Å². The molecule has 0 heterocycles. The summed E-state index contributed by atoms with van der Waals surface area (Å²) in [5.41, 5.74) is 3.11. The number of fused-ring (bicyclic) bond motifs is 1. The molecule has 3 rings (SSSR count). The molecular formula is C18H20FNO2S. The number of nitrogens with one attached hydrogen (secondary N) is 1. The molecule has 2 aromatic carbocycles. The second-order valence-corrected chi connectivity index (χ2v) is 7.75. The average Bonchev–Trinajstić information content (AvgIpc) is 2.54. The van der Waals surface area contributed by atoms with Crippen LogP contribution >= 0.6 is 0 Å². The Labute approximate surface area is 136 Å². The molecule has 0 saturated heterocycles. The number of halogens is 1. The molecule has 0 spiro atoms. The van der Waals surface area contributed by atoms with Crippen LogP contribution in [0.4, 0.5) is 4.39 Å². The van der Waals surface area contributed by atoms with Crippen molar-refractivity contribution in [3.63, 3.8) is 0 Å². The van der Waals surface area contributed by atoms with Crippen molar-refractivity contribution in [2.24, 2.45) is 0 Å². The summed E-state index contributed by atoms with van der Waals surface area (Å²) >= 11 is 0. The minimum atomic E-state index is -3.60. The highest BCUT2D eigenvalue weighted by Gasteiger charge is 2.20. The second-order valence-electron chi connectivity index (χ2n) is 6.03. The van der Waals surface area contributed by atoms with Gasteiger partial charge in [0.1, 0.15) is 5.82 Å². The van der Waals surface area contributed by atoms with Gasteiger partial charge in [0.05, 0.1) is 4.90 Å². The monoisotopic (exact) mass is 333 g/mol. The van der Waals surface area contributed by atoms with E-state index in [4.69, 9.17) is 0 Å². The summed E-state index contributed by atoms with van der Waals surface area (Å²) in [7, 11) is -3.60. The smallest absolute Gasteiger partial charge is 0.207 e. The fourth-order valence-electron chi connectivity index (χ4n) is 3.00. The highest BCUT2D eigenvalue weighted by molar-refractivity contribution is 7.89. The molecule has 0 bridgehead atoms. The number of rotatable bonds is 4. The van der Waals surface area contributed by atoms with Gasteiger partial charge in [0.25, 0.3) is 0 Å². The zero-order valence-electron chi connectivity index (χ0n) is 13.0. The summed E-state index contributed by atoms with van der Waals surface area (Å²) in [4.78, 5) is 0.298. The van der Waals surface area contributed by atoms with Gasteiger partial charge in [0.15, 0.2) is 0 Å². The van der Waals surface area contributed by atoms with Crippen molar-refractivity contribution in [3.8, 4) is 0 Å². The lowest BCUT2D eigenvalue weighted by molar-refractivity contribution is 0.566. The highest BCUT2D eigenvalue weighted by Crippen LogP contribution is 2.25. The number of aryl methyl sites for hydroxylation is 2. The van der Waals surface area contributed by atoms with Crippen LogP contribution in [0.15, 0.2) is 47.4 Å². The first kappa shape index (κ1) is 16.1. The third-order valence-electron chi connectivity index (χ3n) is 4.33. The largest absolute Gasteiger partial charge is 0.241 e. The van der Waals surface area contributed by atoms with Crippen LogP contribution in [0.5, 0.6) is 0 Å². The first-order valence-electron chi connectivity index (χ1n) is 7.85. The average molecular weight is 333 g/mol. The molecule has 1 aliphatic carbocycles. The van der Waals surface area contributed by atoms with Crippen LogP contribution in [0.3, 0.4) is 0 Å². The van der Waals surface area contributed by atoms with E-state index >= 15 is 0 Å². The van der Waals surface area contributed by atoms with Gasteiger partial charge in [-0.2, -0.15) is 0 Å². The molecule has 2 aromatic rings. The Morgan fingerprint density at radius 1 is 1.00 bits per heavy atom. The van der Waals surface area contributed by atoms with Crippen LogP contribution in [0, 0.1) is 5.82 Å². The van der Waals surface area contributed by atoms with E-state index in [1.807, 2.05) is 6.07 Å². The molecule has 3 nitrogen and oxygen atoms in total. The Hall–Kier alpha value is -1.72. The molecule has 23 heavy (non-hydrogen) atoms. The van der Waals surface area contributed by atoms with Crippen molar-refractivity contribution in [2.45, 2.75) is 43.5 Å². The minimum Gasteiger partial charge on any atom is -0.207 e. The van der Waals surface area contributed by atoms with Crippen LogP contribution < -0.4 is 4.72 Å². The van der Waals surface area contributed by atoms with E-state index in [0.717, 1.165) is 30.4 Å². The van der Waals surface area contributed by atoms with Crippen molar-refractivity contribution < 1.29 is 12.8 Å². The van der Waals surface area contributed by atoms with Crippen LogP contribution in [-0.2, 0) is 22.9 Å². The van der Waals surface area contributed by atoms with E-state index in [0.29, 0.717) is 4.90 Å². The fourth-order valence-corrected chi connectivity index (χ4v) is 4.28. The van der Waals surface area contributed by atoms with Gasteiger partial charge in [0.2, 0.25) is 10.0 Å². The van der Waals surface area contributed by atoms with Crippen molar-refractivity contribution in [1.29, 1.82) is 0 Å². The van der Waals surface area contributed by atoms with Gasteiger partial charge in [-0.25, -0.2) is 17.5 Å². The SMILES string of the molecule is C[C@H](NS(=O)(=O)c1ccc2c(c1)CCCC2)c1ccc(F)cc1. The Morgan fingerprint density at radius 2 is 1.65 bits per heavy atom. The van der Waals surface area contributed by atoms with Crippen LogP contribution in [0.25, 0.3) is 0 Å². The zero-order valence-corrected chi connectivity index (χ0v) is 13.9. The van der Waals surface area contributed by atoms with Crippen molar-refractivity contribution in [3.05, 3.63) is 65.0 Å². The van der Waals surface area contributed by atoms with E-state index in [2.05, 4.69) is 4.72 Å². The maximum Gasteiger partial charge on any atom is 0.241 e. The maximum atomic E-state index is 13.0. The topological polar surface area (TPSA) is 46.2 Å². The maximum absolute atomic E-state index is 13.0. The molecule has 0 radical (unpaired) electrons. The third-order valence-corrected chi connectivity index (χ3v) is 5.87. The Balaban J connectivity index is 1.82. The molecule has 1 aliphatic rings. The summed E-state index contributed by atoms with van der Waals surface area (Å²) in [6, 6.07) is 10.8. The zero-order chi connectivity index (χ0) is 16.4. The van der Waals surface area contributed by atoms with Crippen molar-refractivity contribution in [2.75, 3.05) is 0 Å². The standard InChI is InChI=1S/C18H20FNO2S/c1-13(14-6-9-17(19)10-7-14)20-23(21,22)18-11-8-15-4-2-3-5-16(15)12-18/h6-13,20H,2-5H2,1H3/t13-/m0/s1. The molecular weight excluding hydrogens is 313 g/mol. The molecule has 0 unspecified atom stereocenters. The first-order chi connectivity index (χ1) is 11.0. The molecule has 0 fully saturated rings. The number of benzene rings is 2. The Kier molecular flexibility index (Phi) is 4.50. The van der Waals surface area contributed by atoms with Gasteiger partial charge >= 0.3 is 0 Å². The quantitative estimate of drug-likeness (QED) is 0.926. The molecule has 0 amide bonds. The predicted octanol–water partition coefficient (Wildman–Crippen LogP) is 3.74. The van der Waals surface area contributed by atoms with E-state index in [1.54, 1.807) is 31.2 Å². The van der Waals surface area contributed by atoms with Crippen LogP contribution in [0.2, 0.25) is 0 Å².